The standard InChI is InChI=1S/C5H7F3O2/c1-4(3-9-2)10-5(6,7)8/h3H,1-2H3/b4-3-. The van der Waals surface area contributed by atoms with Gasteiger partial charge in [0, 0.05) is 0 Å². The Kier molecular flexibility index (Phi) is 3.05. The summed E-state index contributed by atoms with van der Waals surface area (Å²) in [6.07, 6.45) is -3.76. The van der Waals surface area contributed by atoms with Gasteiger partial charge in [-0.2, -0.15) is 0 Å². The van der Waals surface area contributed by atoms with Crippen molar-refractivity contribution in [1.29, 1.82) is 0 Å². The Balaban J connectivity index is 3.79. The molecule has 0 N–H and O–H groups in total. The summed E-state index contributed by atoms with van der Waals surface area (Å²) in [5, 5.41) is 0. The SMILES string of the molecule is CO/C=C(/C)OC(F)(F)F. The quantitative estimate of drug-likeness (QED) is 0.569. The van der Waals surface area contributed by atoms with E-state index in [2.05, 4.69) is 9.47 Å². The molecule has 0 spiro atoms. The third-order valence-corrected chi connectivity index (χ3v) is 0.561. The highest BCUT2D eigenvalue weighted by atomic mass is 19.4. The molecule has 0 aromatic carbocycles. The van der Waals surface area contributed by atoms with Crippen LogP contribution in [0, 0.1) is 0 Å². The van der Waals surface area contributed by atoms with E-state index < -0.39 is 6.36 Å². The molecule has 0 fully saturated rings. The lowest BCUT2D eigenvalue weighted by Gasteiger charge is -2.07. The number of alkyl halides is 3. The van der Waals surface area contributed by atoms with Crippen LogP contribution in [0.25, 0.3) is 0 Å². The molecule has 0 heterocycles. The van der Waals surface area contributed by atoms with Crippen LogP contribution in [0.3, 0.4) is 0 Å². The number of hydrogen-bond donors (Lipinski definition) is 0. The first-order valence-corrected chi connectivity index (χ1v) is 2.41. The number of rotatable bonds is 2. The minimum absolute atomic E-state index is 0.324. The highest BCUT2D eigenvalue weighted by Gasteiger charge is 2.30. The normalized spacial score (nSPS) is 13.1. The molecule has 0 aromatic heterocycles. The maximum absolute atomic E-state index is 11.3. The molecule has 0 radical (unpaired) electrons. The molecule has 10 heavy (non-hydrogen) atoms. The predicted molar refractivity (Wildman–Crippen MR) is 27.9 cm³/mol. The molecule has 0 bridgehead atoms. The number of hydrogen-bond acceptors (Lipinski definition) is 2. The molecule has 0 rings (SSSR count). The van der Waals surface area contributed by atoms with E-state index in [4.69, 9.17) is 0 Å². The van der Waals surface area contributed by atoms with Crippen LogP contribution in [0.2, 0.25) is 0 Å². The van der Waals surface area contributed by atoms with Crippen molar-refractivity contribution < 1.29 is 22.6 Å². The molecule has 60 valence electrons. The van der Waals surface area contributed by atoms with Crippen molar-refractivity contribution in [1.82, 2.24) is 0 Å². The zero-order valence-electron chi connectivity index (χ0n) is 5.53. The van der Waals surface area contributed by atoms with E-state index in [1.807, 2.05) is 0 Å². The second-order valence-corrected chi connectivity index (χ2v) is 1.51. The van der Waals surface area contributed by atoms with Gasteiger partial charge in [-0.25, -0.2) is 0 Å². The van der Waals surface area contributed by atoms with E-state index in [0.29, 0.717) is 0 Å². The van der Waals surface area contributed by atoms with Crippen LogP contribution in [0.4, 0.5) is 13.2 Å². The molecule has 2 nitrogen and oxygen atoms in total. The van der Waals surface area contributed by atoms with Crippen LogP contribution in [0.1, 0.15) is 6.92 Å². The number of allylic oxidation sites excluding steroid dienone is 1. The van der Waals surface area contributed by atoms with Gasteiger partial charge >= 0.3 is 6.36 Å². The molecule has 0 aliphatic heterocycles. The summed E-state index contributed by atoms with van der Waals surface area (Å²) in [5.41, 5.74) is 0. The lowest BCUT2D eigenvalue weighted by atomic mass is 10.6. The van der Waals surface area contributed by atoms with Crippen LogP contribution in [-0.2, 0) is 9.47 Å². The molecular weight excluding hydrogens is 149 g/mol. The summed E-state index contributed by atoms with van der Waals surface area (Å²) in [5.74, 6) is -0.324. The number of methoxy groups -OCH3 is 1. The zero-order chi connectivity index (χ0) is 8.20. The summed E-state index contributed by atoms with van der Waals surface area (Å²) >= 11 is 0. The fourth-order valence-corrected chi connectivity index (χ4v) is 0.373. The third kappa shape index (κ3) is 5.27. The maximum atomic E-state index is 11.3. The van der Waals surface area contributed by atoms with Gasteiger partial charge in [-0.3, -0.25) is 0 Å². The van der Waals surface area contributed by atoms with Crippen molar-refractivity contribution in [2.75, 3.05) is 7.11 Å². The van der Waals surface area contributed by atoms with Crippen molar-refractivity contribution in [3.63, 3.8) is 0 Å². The van der Waals surface area contributed by atoms with Gasteiger partial charge in [0.2, 0.25) is 0 Å². The smallest absolute Gasteiger partial charge is 0.501 e. The first-order valence-electron chi connectivity index (χ1n) is 2.41. The van der Waals surface area contributed by atoms with E-state index >= 15 is 0 Å². The lowest BCUT2D eigenvalue weighted by molar-refractivity contribution is -0.305. The maximum Gasteiger partial charge on any atom is 0.572 e. The Bertz CT molecular complexity index is 127. The molecule has 0 saturated heterocycles. The average Bonchev–Trinajstić information content (AvgIpc) is 1.59. The molecule has 5 heteroatoms. The van der Waals surface area contributed by atoms with E-state index in [-0.39, 0.29) is 5.76 Å². The molecule has 0 aliphatic carbocycles. The van der Waals surface area contributed by atoms with Crippen LogP contribution in [0.5, 0.6) is 0 Å². The molecule has 0 unspecified atom stereocenters. The van der Waals surface area contributed by atoms with Crippen molar-refractivity contribution >= 4 is 0 Å². The summed E-state index contributed by atoms with van der Waals surface area (Å²) in [4.78, 5) is 0. The number of halogens is 3. The monoisotopic (exact) mass is 156 g/mol. The largest absolute Gasteiger partial charge is 0.572 e. The summed E-state index contributed by atoms with van der Waals surface area (Å²) in [7, 11) is 1.24. The van der Waals surface area contributed by atoms with Gasteiger partial charge in [0.1, 0.15) is 12.0 Å². The summed E-state index contributed by atoms with van der Waals surface area (Å²) in [6.45, 7) is 1.15. The first-order chi connectivity index (χ1) is 4.45. The molecule has 0 aliphatic rings. The molecular formula is C5H7F3O2. The third-order valence-electron chi connectivity index (χ3n) is 0.561. The second-order valence-electron chi connectivity index (χ2n) is 1.51. The molecule has 0 atom stereocenters. The van der Waals surface area contributed by atoms with E-state index in [1.54, 1.807) is 0 Å². The summed E-state index contributed by atoms with van der Waals surface area (Å²) in [6, 6.07) is 0. The highest BCUT2D eigenvalue weighted by Crippen LogP contribution is 2.19. The van der Waals surface area contributed by atoms with Gasteiger partial charge < -0.3 is 9.47 Å². The van der Waals surface area contributed by atoms with Crippen molar-refractivity contribution in [3.05, 3.63) is 12.0 Å². The van der Waals surface area contributed by atoms with Crippen molar-refractivity contribution in [2.45, 2.75) is 13.3 Å². The Labute approximate surface area is 56.2 Å². The second kappa shape index (κ2) is 3.34. The predicted octanol–water partition coefficient (Wildman–Crippen LogP) is 2.03. The molecule has 0 amide bonds. The van der Waals surface area contributed by atoms with Gasteiger partial charge in [-0.15, -0.1) is 13.2 Å². The summed E-state index contributed by atoms with van der Waals surface area (Å²) < 4.78 is 41.6. The Morgan fingerprint density at radius 2 is 1.90 bits per heavy atom. The van der Waals surface area contributed by atoms with Crippen molar-refractivity contribution in [2.24, 2.45) is 0 Å². The van der Waals surface area contributed by atoms with Crippen LogP contribution < -0.4 is 0 Å². The van der Waals surface area contributed by atoms with Gasteiger partial charge in [0.15, 0.2) is 0 Å². The fraction of sp³-hybridized carbons (Fsp3) is 0.600. The topological polar surface area (TPSA) is 18.5 Å². The molecule has 0 aromatic rings. The van der Waals surface area contributed by atoms with Crippen LogP contribution in [0.15, 0.2) is 12.0 Å². The van der Waals surface area contributed by atoms with E-state index in [1.165, 1.54) is 7.11 Å². The van der Waals surface area contributed by atoms with Gasteiger partial charge in [-0.05, 0) is 6.92 Å². The van der Waals surface area contributed by atoms with Crippen LogP contribution in [-0.4, -0.2) is 13.5 Å². The molecule has 0 saturated carbocycles. The Morgan fingerprint density at radius 1 is 1.40 bits per heavy atom. The highest BCUT2D eigenvalue weighted by molar-refractivity contribution is 4.80. The Morgan fingerprint density at radius 3 is 2.20 bits per heavy atom. The van der Waals surface area contributed by atoms with E-state index in [9.17, 15) is 13.2 Å². The van der Waals surface area contributed by atoms with Gasteiger partial charge in [0.05, 0.1) is 7.11 Å². The van der Waals surface area contributed by atoms with E-state index in [0.717, 1.165) is 13.2 Å². The van der Waals surface area contributed by atoms with Crippen molar-refractivity contribution in [3.8, 4) is 0 Å². The minimum Gasteiger partial charge on any atom is -0.501 e. The van der Waals surface area contributed by atoms with Gasteiger partial charge in [-0.1, -0.05) is 0 Å². The fourth-order valence-electron chi connectivity index (χ4n) is 0.373. The lowest BCUT2D eigenvalue weighted by Crippen LogP contribution is -2.11. The first kappa shape index (κ1) is 9.13. The number of ether oxygens (including phenoxy) is 2. The minimum atomic E-state index is -4.63. The van der Waals surface area contributed by atoms with Gasteiger partial charge in [0.25, 0.3) is 0 Å². The average molecular weight is 156 g/mol. The Hall–Kier alpha value is -0.870. The van der Waals surface area contributed by atoms with Crippen LogP contribution >= 0.6 is 0 Å². The zero-order valence-corrected chi connectivity index (χ0v) is 5.53.